The topological polar surface area (TPSA) is 91.0 Å². The highest BCUT2D eigenvalue weighted by Gasteiger charge is 2.33. The molecule has 0 N–H and O–H groups in total. The number of aryl methyl sites for hydroxylation is 1. The Morgan fingerprint density at radius 2 is 1.67 bits per heavy atom. The normalized spacial score (nSPS) is 12.4. The first-order valence-corrected chi connectivity index (χ1v) is 10.2. The van der Waals surface area contributed by atoms with E-state index in [1.165, 1.54) is 7.05 Å². The monoisotopic (exact) mass is 445 g/mol. The second-order valence-corrected chi connectivity index (χ2v) is 8.60. The van der Waals surface area contributed by atoms with Crippen molar-refractivity contribution in [1.82, 2.24) is 14.1 Å². The third-order valence-electron chi connectivity index (χ3n) is 4.44. The lowest BCUT2D eigenvalue weighted by molar-refractivity contribution is -0.141. The standard InChI is InChI=1S/C18H15F4N3O4S/c1-24-15-13(7-8-14(23-15)18(20,21)22)16(26)25(17(24)27)9-2-10-30(28,29)12-5-3-11(19)4-6-12/h3-8H,2,9-10H2,1H3. The molecule has 160 valence electrons. The van der Waals surface area contributed by atoms with Crippen LogP contribution in [0.2, 0.25) is 0 Å². The molecule has 7 nitrogen and oxygen atoms in total. The third kappa shape index (κ3) is 4.13. The number of sulfone groups is 1. The first-order chi connectivity index (χ1) is 13.9. The average molecular weight is 445 g/mol. The summed E-state index contributed by atoms with van der Waals surface area (Å²) < 4.78 is 77.7. The van der Waals surface area contributed by atoms with Crippen LogP contribution in [0.1, 0.15) is 12.1 Å². The van der Waals surface area contributed by atoms with Crippen LogP contribution in [-0.2, 0) is 29.6 Å². The van der Waals surface area contributed by atoms with Crippen LogP contribution in [0.3, 0.4) is 0 Å². The van der Waals surface area contributed by atoms with Crippen molar-refractivity contribution in [3.8, 4) is 0 Å². The maximum atomic E-state index is 13.0. The number of pyridine rings is 1. The van der Waals surface area contributed by atoms with Crippen molar-refractivity contribution in [2.75, 3.05) is 5.75 Å². The Bertz CT molecular complexity index is 1330. The lowest BCUT2D eigenvalue weighted by atomic mass is 10.2. The van der Waals surface area contributed by atoms with Crippen molar-refractivity contribution in [2.24, 2.45) is 7.05 Å². The number of benzene rings is 1. The van der Waals surface area contributed by atoms with Crippen molar-refractivity contribution in [3.05, 3.63) is 68.7 Å². The van der Waals surface area contributed by atoms with E-state index in [2.05, 4.69) is 4.98 Å². The van der Waals surface area contributed by atoms with E-state index in [0.29, 0.717) is 6.07 Å². The predicted molar refractivity (Wildman–Crippen MR) is 99.3 cm³/mol. The lowest BCUT2D eigenvalue weighted by Crippen LogP contribution is -2.40. The summed E-state index contributed by atoms with van der Waals surface area (Å²) in [4.78, 5) is 28.3. The van der Waals surface area contributed by atoms with E-state index in [4.69, 9.17) is 0 Å². The minimum atomic E-state index is -4.74. The molecule has 2 heterocycles. The zero-order valence-electron chi connectivity index (χ0n) is 15.5. The molecule has 0 aliphatic carbocycles. The second kappa shape index (κ2) is 7.67. The molecule has 3 rings (SSSR count). The first-order valence-electron chi connectivity index (χ1n) is 8.58. The molecular weight excluding hydrogens is 430 g/mol. The van der Waals surface area contributed by atoms with Gasteiger partial charge in [0.1, 0.15) is 17.2 Å². The molecule has 0 spiro atoms. The maximum Gasteiger partial charge on any atom is 0.433 e. The summed E-state index contributed by atoms with van der Waals surface area (Å²) in [6, 6.07) is 5.78. The predicted octanol–water partition coefficient (Wildman–Crippen LogP) is 2.12. The summed E-state index contributed by atoms with van der Waals surface area (Å²) in [6.07, 6.45) is -4.86. The molecule has 0 aliphatic rings. The van der Waals surface area contributed by atoms with Crippen LogP contribution in [-0.4, -0.2) is 28.3 Å². The van der Waals surface area contributed by atoms with Crippen LogP contribution in [0.4, 0.5) is 17.6 Å². The van der Waals surface area contributed by atoms with E-state index in [-0.39, 0.29) is 23.2 Å². The molecule has 2 aromatic heterocycles. The van der Waals surface area contributed by atoms with Gasteiger partial charge in [-0.1, -0.05) is 0 Å². The van der Waals surface area contributed by atoms with E-state index >= 15 is 0 Å². The summed E-state index contributed by atoms with van der Waals surface area (Å²) in [7, 11) is -2.61. The van der Waals surface area contributed by atoms with Gasteiger partial charge < -0.3 is 0 Å². The third-order valence-corrected chi connectivity index (χ3v) is 6.26. The van der Waals surface area contributed by atoms with Gasteiger partial charge in [-0.15, -0.1) is 0 Å². The molecule has 12 heteroatoms. The fraction of sp³-hybridized carbons (Fsp3) is 0.278. The summed E-state index contributed by atoms with van der Waals surface area (Å²) in [6.45, 7) is -0.275. The zero-order valence-corrected chi connectivity index (χ0v) is 16.3. The van der Waals surface area contributed by atoms with Gasteiger partial charge >= 0.3 is 11.9 Å². The number of fused-ring (bicyclic) bond motifs is 1. The molecule has 0 saturated heterocycles. The first kappa shape index (κ1) is 21.7. The lowest BCUT2D eigenvalue weighted by Gasteiger charge is -2.12. The fourth-order valence-corrected chi connectivity index (χ4v) is 4.20. The van der Waals surface area contributed by atoms with Gasteiger partial charge in [-0.05, 0) is 42.8 Å². The Kier molecular flexibility index (Phi) is 5.54. The molecule has 0 atom stereocenters. The van der Waals surface area contributed by atoms with E-state index in [9.17, 15) is 35.6 Å². The largest absolute Gasteiger partial charge is 0.433 e. The summed E-state index contributed by atoms with van der Waals surface area (Å²) >= 11 is 0. The molecule has 1 aromatic carbocycles. The highest BCUT2D eigenvalue weighted by molar-refractivity contribution is 7.91. The second-order valence-electron chi connectivity index (χ2n) is 6.49. The maximum absolute atomic E-state index is 13.0. The van der Waals surface area contributed by atoms with Gasteiger partial charge in [-0.25, -0.2) is 22.6 Å². The Balaban J connectivity index is 1.91. The average Bonchev–Trinajstić information content (AvgIpc) is 2.68. The van der Waals surface area contributed by atoms with Crippen LogP contribution in [0.25, 0.3) is 11.0 Å². The van der Waals surface area contributed by atoms with Gasteiger partial charge in [0.15, 0.2) is 9.84 Å². The van der Waals surface area contributed by atoms with Gasteiger partial charge in [-0.2, -0.15) is 13.2 Å². The highest BCUT2D eigenvalue weighted by Crippen LogP contribution is 2.28. The van der Waals surface area contributed by atoms with Crippen LogP contribution in [0, 0.1) is 5.82 Å². The minimum absolute atomic E-state index is 0.105. The highest BCUT2D eigenvalue weighted by atomic mass is 32.2. The minimum Gasteiger partial charge on any atom is -0.280 e. The quantitative estimate of drug-likeness (QED) is 0.443. The van der Waals surface area contributed by atoms with Crippen LogP contribution < -0.4 is 11.2 Å². The number of hydrogen-bond donors (Lipinski definition) is 0. The molecular formula is C18H15F4N3O4S. The fourth-order valence-electron chi connectivity index (χ4n) is 2.90. The number of rotatable bonds is 5. The molecule has 0 aliphatic heterocycles. The molecule has 0 unspecified atom stereocenters. The van der Waals surface area contributed by atoms with Gasteiger partial charge in [0.25, 0.3) is 5.56 Å². The van der Waals surface area contributed by atoms with Crippen molar-refractivity contribution >= 4 is 20.9 Å². The number of halogens is 4. The van der Waals surface area contributed by atoms with Crippen LogP contribution in [0.5, 0.6) is 0 Å². The number of alkyl halides is 3. The van der Waals surface area contributed by atoms with Gasteiger partial charge in [0.05, 0.1) is 16.0 Å². The van der Waals surface area contributed by atoms with Crippen LogP contribution >= 0.6 is 0 Å². The Morgan fingerprint density at radius 3 is 2.27 bits per heavy atom. The SMILES string of the molecule is Cn1c(=O)n(CCCS(=O)(=O)c2ccc(F)cc2)c(=O)c2ccc(C(F)(F)F)nc21. The molecule has 0 radical (unpaired) electrons. The van der Waals surface area contributed by atoms with E-state index in [1.54, 1.807) is 0 Å². The summed E-state index contributed by atoms with van der Waals surface area (Å²) in [5.41, 5.74) is -3.45. The van der Waals surface area contributed by atoms with Gasteiger partial charge in [-0.3, -0.25) is 13.9 Å². The van der Waals surface area contributed by atoms with Crippen molar-refractivity contribution in [2.45, 2.75) is 24.0 Å². The summed E-state index contributed by atoms with van der Waals surface area (Å²) in [5.74, 6) is -1.01. The van der Waals surface area contributed by atoms with Crippen LogP contribution in [0.15, 0.2) is 50.9 Å². The molecule has 30 heavy (non-hydrogen) atoms. The molecule has 0 saturated carbocycles. The number of hydrogen-bond acceptors (Lipinski definition) is 5. The molecule has 0 amide bonds. The summed E-state index contributed by atoms with van der Waals surface area (Å²) in [5, 5.41) is -0.202. The zero-order chi connectivity index (χ0) is 22.3. The number of aromatic nitrogens is 3. The Hall–Kier alpha value is -3.02. The van der Waals surface area contributed by atoms with Gasteiger partial charge in [0.2, 0.25) is 0 Å². The van der Waals surface area contributed by atoms with E-state index in [1.807, 2.05) is 0 Å². The van der Waals surface area contributed by atoms with Gasteiger partial charge in [0, 0.05) is 13.6 Å². The Labute approximate surface area is 167 Å². The Morgan fingerprint density at radius 1 is 1.03 bits per heavy atom. The van der Waals surface area contributed by atoms with E-state index in [0.717, 1.165) is 39.5 Å². The van der Waals surface area contributed by atoms with Crippen molar-refractivity contribution in [1.29, 1.82) is 0 Å². The number of nitrogens with zero attached hydrogens (tertiary/aromatic N) is 3. The van der Waals surface area contributed by atoms with Crippen molar-refractivity contribution in [3.63, 3.8) is 0 Å². The smallest absolute Gasteiger partial charge is 0.280 e. The van der Waals surface area contributed by atoms with Crippen molar-refractivity contribution < 1.29 is 26.0 Å². The molecule has 0 fully saturated rings. The molecule has 0 bridgehead atoms. The molecule has 3 aromatic rings. The van der Waals surface area contributed by atoms with E-state index < -0.39 is 50.2 Å².